The summed E-state index contributed by atoms with van der Waals surface area (Å²) < 4.78 is 34.3. The second kappa shape index (κ2) is 29.6. The largest absolute Gasteiger partial charge is 0.756 e. The van der Waals surface area contributed by atoms with Gasteiger partial charge in [-0.3, -0.25) is 9.36 Å². The monoisotopic (exact) mass is 647 g/mol. The van der Waals surface area contributed by atoms with Crippen molar-refractivity contribution in [2.24, 2.45) is 0 Å². The lowest BCUT2D eigenvalue weighted by Gasteiger charge is -2.28. The van der Waals surface area contributed by atoms with Crippen LogP contribution in [0.1, 0.15) is 149 Å². The number of carbonyl (C=O) groups excluding carboxylic acids is 1. The maximum atomic E-state index is 12.5. The van der Waals surface area contributed by atoms with Crippen LogP contribution in [-0.4, -0.2) is 70.7 Å². The molecule has 9 heteroatoms. The van der Waals surface area contributed by atoms with Gasteiger partial charge in [-0.15, -0.1) is 0 Å². The summed E-state index contributed by atoms with van der Waals surface area (Å²) in [6.45, 7) is 5.35. The van der Waals surface area contributed by atoms with Crippen molar-refractivity contribution in [3.05, 3.63) is 12.2 Å². The Morgan fingerprint density at radius 1 is 0.682 bits per heavy atom. The number of rotatable bonds is 33. The molecule has 0 rings (SSSR count). The maximum Gasteiger partial charge on any atom is 0.306 e. The highest BCUT2D eigenvalue weighted by Gasteiger charge is 2.20. The fourth-order valence-corrected chi connectivity index (χ4v) is 5.43. The van der Waals surface area contributed by atoms with Gasteiger partial charge in [-0.1, -0.05) is 122 Å². The molecule has 0 aliphatic carbocycles. The highest BCUT2D eigenvalue weighted by Crippen LogP contribution is 2.38. The molecule has 0 bridgehead atoms. The molecule has 0 aromatic heterocycles. The Balaban J connectivity index is 4.33. The third-order valence-corrected chi connectivity index (χ3v) is 8.53. The lowest BCUT2D eigenvalue weighted by molar-refractivity contribution is -0.870. The van der Waals surface area contributed by atoms with Crippen LogP contribution in [0.5, 0.6) is 0 Å². The number of likely N-dealkylation sites (N-methyl/N-ethyl adjacent to an activating group) is 1. The average molecular weight is 648 g/mol. The van der Waals surface area contributed by atoms with Gasteiger partial charge in [0, 0.05) is 13.0 Å². The number of phosphoric acid groups is 1. The molecule has 0 saturated heterocycles. The van der Waals surface area contributed by atoms with Crippen molar-refractivity contribution in [2.45, 2.75) is 155 Å². The zero-order chi connectivity index (χ0) is 32.8. The van der Waals surface area contributed by atoms with E-state index in [0.717, 1.165) is 32.1 Å². The van der Waals surface area contributed by atoms with Crippen molar-refractivity contribution >= 4 is 13.8 Å². The summed E-state index contributed by atoms with van der Waals surface area (Å²) in [5.41, 5.74) is 0. The number of carbonyl (C=O) groups is 1. The van der Waals surface area contributed by atoms with Crippen LogP contribution in [0, 0.1) is 0 Å². The summed E-state index contributed by atoms with van der Waals surface area (Å²) in [5, 5.41) is 0. The molecule has 0 fully saturated rings. The van der Waals surface area contributed by atoms with E-state index in [2.05, 4.69) is 26.0 Å². The topological polar surface area (TPSA) is 94.1 Å². The second-order valence-electron chi connectivity index (χ2n) is 13.2. The van der Waals surface area contributed by atoms with Crippen molar-refractivity contribution in [3.63, 3.8) is 0 Å². The third kappa shape index (κ3) is 32.6. The van der Waals surface area contributed by atoms with Crippen LogP contribution in [0.15, 0.2) is 12.2 Å². The lowest BCUT2D eigenvalue weighted by Crippen LogP contribution is -2.37. The maximum absolute atomic E-state index is 12.5. The van der Waals surface area contributed by atoms with Crippen LogP contribution < -0.4 is 4.89 Å². The van der Waals surface area contributed by atoms with E-state index >= 15 is 0 Å². The standard InChI is InChI=1S/C35H70NO7P/c1-6-8-10-12-14-16-18-19-21-23-25-27-30-40-32-34(33-42-44(38,39)41-31-29-36(3,4)5)43-35(37)28-26-24-22-20-17-15-13-11-9-7-2/h12,14,34H,6-11,13,15-33H2,1-5H3/b14-12-. The number of allylic oxidation sites excluding steroid dienone is 2. The van der Waals surface area contributed by atoms with E-state index in [-0.39, 0.29) is 25.8 Å². The molecule has 0 N–H and O–H groups in total. The molecular formula is C35H70NO7P. The summed E-state index contributed by atoms with van der Waals surface area (Å²) in [6, 6.07) is 0. The zero-order valence-electron chi connectivity index (χ0n) is 29.4. The molecule has 0 radical (unpaired) electrons. The van der Waals surface area contributed by atoms with E-state index < -0.39 is 13.9 Å². The molecule has 0 heterocycles. The molecule has 44 heavy (non-hydrogen) atoms. The molecule has 0 saturated carbocycles. The van der Waals surface area contributed by atoms with Crippen LogP contribution in [0.4, 0.5) is 0 Å². The molecule has 262 valence electrons. The van der Waals surface area contributed by atoms with E-state index in [4.69, 9.17) is 18.5 Å². The third-order valence-electron chi connectivity index (χ3n) is 7.57. The van der Waals surface area contributed by atoms with Gasteiger partial charge in [0.25, 0.3) is 7.82 Å². The number of nitrogens with zero attached hydrogens (tertiary/aromatic N) is 1. The number of hydrogen-bond acceptors (Lipinski definition) is 7. The molecule has 0 amide bonds. The van der Waals surface area contributed by atoms with Gasteiger partial charge in [0.15, 0.2) is 0 Å². The van der Waals surface area contributed by atoms with Gasteiger partial charge in [0.05, 0.1) is 34.4 Å². The van der Waals surface area contributed by atoms with Crippen LogP contribution in [-0.2, 0) is 27.9 Å². The van der Waals surface area contributed by atoms with E-state index in [1.54, 1.807) is 0 Å². The fourth-order valence-electron chi connectivity index (χ4n) is 4.70. The summed E-state index contributed by atoms with van der Waals surface area (Å²) in [6.07, 6.45) is 27.8. The lowest BCUT2D eigenvalue weighted by atomic mass is 10.1. The van der Waals surface area contributed by atoms with Crippen LogP contribution in [0.2, 0.25) is 0 Å². The predicted octanol–water partition coefficient (Wildman–Crippen LogP) is 8.91. The smallest absolute Gasteiger partial charge is 0.306 e. The number of esters is 1. The van der Waals surface area contributed by atoms with Gasteiger partial charge in [0.2, 0.25) is 0 Å². The SMILES string of the molecule is CCCC/C=C\CCCCCCCCOCC(COP(=O)([O-])OCC[N+](C)(C)C)OC(=O)CCCCCCCCCCCC. The number of ether oxygens (including phenoxy) is 2. The Kier molecular flexibility index (Phi) is 29.1. The molecule has 2 atom stereocenters. The van der Waals surface area contributed by atoms with Crippen molar-refractivity contribution in [2.75, 3.05) is 54.1 Å². The molecule has 0 aliphatic heterocycles. The zero-order valence-corrected chi connectivity index (χ0v) is 30.3. The van der Waals surface area contributed by atoms with Gasteiger partial charge >= 0.3 is 5.97 Å². The molecule has 0 aromatic carbocycles. The van der Waals surface area contributed by atoms with Gasteiger partial charge in [-0.05, 0) is 32.1 Å². The number of quaternary nitrogens is 1. The first-order valence-electron chi connectivity index (χ1n) is 17.9. The van der Waals surface area contributed by atoms with Crippen LogP contribution >= 0.6 is 7.82 Å². The van der Waals surface area contributed by atoms with Crippen LogP contribution in [0.25, 0.3) is 0 Å². The first kappa shape index (κ1) is 43.2. The van der Waals surface area contributed by atoms with Crippen molar-refractivity contribution in [3.8, 4) is 0 Å². The van der Waals surface area contributed by atoms with Gasteiger partial charge in [-0.2, -0.15) is 0 Å². The van der Waals surface area contributed by atoms with Gasteiger partial charge in [0.1, 0.15) is 19.3 Å². The minimum absolute atomic E-state index is 0.0274. The Morgan fingerprint density at radius 3 is 1.80 bits per heavy atom. The van der Waals surface area contributed by atoms with Crippen molar-refractivity contribution < 1.29 is 37.3 Å². The van der Waals surface area contributed by atoms with E-state index in [9.17, 15) is 14.3 Å². The average Bonchev–Trinajstić information content (AvgIpc) is 2.96. The predicted molar refractivity (Wildman–Crippen MR) is 181 cm³/mol. The summed E-state index contributed by atoms with van der Waals surface area (Å²) >= 11 is 0. The van der Waals surface area contributed by atoms with Gasteiger partial charge < -0.3 is 27.9 Å². The molecule has 0 spiro atoms. The Morgan fingerprint density at radius 2 is 1.20 bits per heavy atom. The number of hydrogen-bond donors (Lipinski definition) is 0. The van der Waals surface area contributed by atoms with E-state index in [1.807, 2.05) is 21.1 Å². The van der Waals surface area contributed by atoms with Crippen LogP contribution in [0.3, 0.4) is 0 Å². The number of phosphoric ester groups is 1. The van der Waals surface area contributed by atoms with Crippen molar-refractivity contribution in [1.29, 1.82) is 0 Å². The molecular weight excluding hydrogens is 577 g/mol. The first-order chi connectivity index (χ1) is 21.1. The molecule has 2 unspecified atom stereocenters. The molecule has 0 aromatic rings. The molecule has 8 nitrogen and oxygen atoms in total. The van der Waals surface area contributed by atoms with E-state index in [0.29, 0.717) is 24.1 Å². The quantitative estimate of drug-likeness (QED) is 0.0231. The van der Waals surface area contributed by atoms with Crippen molar-refractivity contribution in [1.82, 2.24) is 0 Å². The van der Waals surface area contributed by atoms with E-state index in [1.165, 1.54) is 96.3 Å². The number of unbranched alkanes of at least 4 members (excludes halogenated alkanes) is 17. The summed E-state index contributed by atoms with van der Waals surface area (Å²) in [5.74, 6) is -0.339. The Labute approximate surface area is 271 Å². The Hall–Kier alpha value is -0.760. The summed E-state index contributed by atoms with van der Waals surface area (Å²) in [7, 11) is 1.36. The minimum Gasteiger partial charge on any atom is -0.756 e. The normalized spacial score (nSPS) is 14.2. The van der Waals surface area contributed by atoms with Gasteiger partial charge in [-0.25, -0.2) is 0 Å². The first-order valence-corrected chi connectivity index (χ1v) is 19.4. The molecule has 0 aliphatic rings. The summed E-state index contributed by atoms with van der Waals surface area (Å²) in [4.78, 5) is 24.8. The second-order valence-corrected chi connectivity index (χ2v) is 14.6. The highest BCUT2D eigenvalue weighted by molar-refractivity contribution is 7.45. The Bertz CT molecular complexity index is 726. The fraction of sp³-hybridized carbons (Fsp3) is 0.914. The minimum atomic E-state index is -4.51. The highest BCUT2D eigenvalue weighted by atomic mass is 31.2.